The number of aromatic amines is 1. The van der Waals surface area contributed by atoms with Gasteiger partial charge in [0.05, 0.1) is 17.0 Å². The third-order valence-corrected chi connectivity index (χ3v) is 4.12. The first-order chi connectivity index (χ1) is 12.4. The van der Waals surface area contributed by atoms with Gasteiger partial charge in [0.2, 0.25) is 0 Å². The molecule has 0 unspecified atom stereocenters. The van der Waals surface area contributed by atoms with Gasteiger partial charge in [-0.2, -0.15) is 13.2 Å². The van der Waals surface area contributed by atoms with Crippen molar-refractivity contribution in [3.05, 3.63) is 72.1 Å². The number of hydrogen-bond acceptors (Lipinski definition) is 2. The SMILES string of the molecule is Cc1nc(-c2cccc(C(F)(F)F)c2)c2nc(-c3ccccc3)cc-2[nH]1. The van der Waals surface area contributed by atoms with E-state index in [1.54, 1.807) is 13.0 Å². The molecule has 4 rings (SSSR count). The van der Waals surface area contributed by atoms with E-state index >= 15 is 0 Å². The lowest BCUT2D eigenvalue weighted by molar-refractivity contribution is -0.137. The molecule has 3 nitrogen and oxygen atoms in total. The largest absolute Gasteiger partial charge is 0.416 e. The van der Waals surface area contributed by atoms with E-state index in [0.717, 1.165) is 29.1 Å². The van der Waals surface area contributed by atoms with Gasteiger partial charge >= 0.3 is 6.18 Å². The second kappa shape index (κ2) is 5.98. The zero-order chi connectivity index (χ0) is 18.3. The van der Waals surface area contributed by atoms with Crippen LogP contribution < -0.4 is 0 Å². The maximum absolute atomic E-state index is 13.1. The predicted molar refractivity (Wildman–Crippen MR) is 93.6 cm³/mol. The summed E-state index contributed by atoms with van der Waals surface area (Å²) < 4.78 is 39.2. The molecule has 0 saturated heterocycles. The summed E-state index contributed by atoms with van der Waals surface area (Å²) in [4.78, 5) is 12.2. The topological polar surface area (TPSA) is 41.6 Å². The number of fused-ring (bicyclic) bond motifs is 1. The molecule has 0 bridgehead atoms. The minimum atomic E-state index is -4.40. The van der Waals surface area contributed by atoms with Crippen molar-refractivity contribution in [2.24, 2.45) is 0 Å². The highest BCUT2D eigenvalue weighted by Gasteiger charge is 2.31. The lowest BCUT2D eigenvalue weighted by Gasteiger charge is -2.11. The van der Waals surface area contributed by atoms with Gasteiger partial charge in [0.15, 0.2) is 0 Å². The number of nitrogens with one attached hydrogen (secondary N) is 1. The van der Waals surface area contributed by atoms with E-state index in [-0.39, 0.29) is 0 Å². The van der Waals surface area contributed by atoms with Crippen LogP contribution in [0.1, 0.15) is 11.4 Å². The van der Waals surface area contributed by atoms with Crippen molar-refractivity contribution in [1.82, 2.24) is 15.0 Å². The minimum Gasteiger partial charge on any atom is -0.342 e. The fourth-order valence-electron chi connectivity index (χ4n) is 2.94. The Labute approximate surface area is 147 Å². The van der Waals surface area contributed by atoms with Gasteiger partial charge in [-0.25, -0.2) is 9.97 Å². The lowest BCUT2D eigenvalue weighted by Crippen LogP contribution is -2.05. The Morgan fingerprint density at radius 1 is 0.808 bits per heavy atom. The lowest BCUT2D eigenvalue weighted by atomic mass is 10.0. The van der Waals surface area contributed by atoms with E-state index in [0.29, 0.717) is 22.8 Å². The number of alkyl halides is 3. The van der Waals surface area contributed by atoms with E-state index in [9.17, 15) is 13.2 Å². The second-order valence-electron chi connectivity index (χ2n) is 6.02. The van der Waals surface area contributed by atoms with Crippen molar-refractivity contribution in [2.45, 2.75) is 13.1 Å². The zero-order valence-electron chi connectivity index (χ0n) is 13.8. The summed E-state index contributed by atoms with van der Waals surface area (Å²) in [6.45, 7) is 1.77. The molecule has 2 aromatic rings. The first kappa shape index (κ1) is 16.3. The molecule has 0 saturated carbocycles. The van der Waals surface area contributed by atoms with Crippen LogP contribution in [0.2, 0.25) is 0 Å². The Hall–Kier alpha value is -3.15. The average Bonchev–Trinajstić information content (AvgIpc) is 3.05. The van der Waals surface area contributed by atoms with Crippen molar-refractivity contribution in [3.8, 4) is 33.9 Å². The van der Waals surface area contributed by atoms with E-state index in [4.69, 9.17) is 0 Å². The molecule has 0 radical (unpaired) electrons. The Kier molecular flexibility index (Phi) is 3.76. The zero-order valence-corrected chi connectivity index (χ0v) is 13.8. The Bertz CT molecular complexity index is 1040. The highest BCUT2D eigenvalue weighted by atomic mass is 19.4. The average molecular weight is 353 g/mol. The smallest absolute Gasteiger partial charge is 0.342 e. The maximum atomic E-state index is 13.1. The molecule has 0 aromatic heterocycles. The number of aryl methyl sites for hydroxylation is 1. The van der Waals surface area contributed by atoms with E-state index in [1.807, 2.05) is 36.4 Å². The van der Waals surface area contributed by atoms with Crippen LogP contribution in [-0.4, -0.2) is 15.0 Å². The van der Waals surface area contributed by atoms with Crippen LogP contribution >= 0.6 is 0 Å². The highest BCUT2D eigenvalue weighted by Crippen LogP contribution is 2.36. The Morgan fingerprint density at radius 2 is 1.54 bits per heavy atom. The van der Waals surface area contributed by atoms with Gasteiger partial charge < -0.3 is 4.98 Å². The van der Waals surface area contributed by atoms with Crippen molar-refractivity contribution < 1.29 is 13.2 Å². The van der Waals surface area contributed by atoms with Crippen molar-refractivity contribution >= 4 is 0 Å². The van der Waals surface area contributed by atoms with Crippen LogP contribution in [0.4, 0.5) is 13.2 Å². The molecule has 0 spiro atoms. The summed E-state index contributed by atoms with van der Waals surface area (Å²) in [5.74, 6) is 0.608. The quantitative estimate of drug-likeness (QED) is 0.512. The standard InChI is InChI=1S/C20H14F3N3/c1-12-24-17-11-16(13-6-3-2-4-7-13)26-19(17)18(25-12)14-8-5-9-15(10-14)20(21,22)23/h2-11H,1H3,(H,24,25). The molecule has 1 N–H and O–H groups in total. The molecule has 2 aliphatic heterocycles. The molecule has 0 fully saturated rings. The number of rotatable bonds is 2. The molecule has 0 amide bonds. The number of halogens is 3. The summed E-state index contributed by atoms with van der Waals surface area (Å²) in [6.07, 6.45) is -4.40. The highest BCUT2D eigenvalue weighted by molar-refractivity contribution is 5.82. The van der Waals surface area contributed by atoms with E-state index in [1.165, 1.54) is 6.07 Å². The van der Waals surface area contributed by atoms with Crippen LogP contribution in [0, 0.1) is 6.92 Å². The van der Waals surface area contributed by atoms with E-state index < -0.39 is 11.7 Å². The van der Waals surface area contributed by atoms with Gasteiger partial charge in [-0.3, -0.25) is 0 Å². The molecule has 0 aliphatic carbocycles. The van der Waals surface area contributed by atoms with Crippen LogP contribution in [0.25, 0.3) is 33.9 Å². The van der Waals surface area contributed by atoms with Crippen LogP contribution in [0.15, 0.2) is 60.7 Å². The minimum absolute atomic E-state index is 0.389. The fraction of sp³-hybridized carbons (Fsp3) is 0.100. The number of aromatic nitrogens is 3. The third-order valence-electron chi connectivity index (χ3n) is 4.12. The van der Waals surface area contributed by atoms with Crippen LogP contribution in [0.5, 0.6) is 0 Å². The monoisotopic (exact) mass is 353 g/mol. The van der Waals surface area contributed by atoms with Gasteiger partial charge in [-0.1, -0.05) is 42.5 Å². The number of nitrogens with zero attached hydrogens (tertiary/aromatic N) is 2. The second-order valence-corrected chi connectivity index (χ2v) is 6.02. The molecule has 130 valence electrons. The number of benzene rings is 2. The van der Waals surface area contributed by atoms with Gasteiger partial charge in [0.1, 0.15) is 17.2 Å². The number of H-pyrrole nitrogens is 1. The van der Waals surface area contributed by atoms with Gasteiger partial charge in [0.25, 0.3) is 0 Å². The summed E-state index contributed by atoms with van der Waals surface area (Å²) in [5, 5.41) is 0. The molecule has 26 heavy (non-hydrogen) atoms. The first-order valence-electron chi connectivity index (χ1n) is 8.02. The molecule has 6 heteroatoms. The molecular formula is C20H14F3N3. The normalized spacial score (nSPS) is 11.8. The first-order valence-corrected chi connectivity index (χ1v) is 8.02. The summed E-state index contributed by atoms with van der Waals surface area (Å²) in [7, 11) is 0. The molecule has 2 aliphatic rings. The van der Waals surface area contributed by atoms with Crippen LogP contribution in [-0.2, 0) is 6.18 Å². The van der Waals surface area contributed by atoms with Crippen molar-refractivity contribution in [2.75, 3.05) is 0 Å². The Balaban J connectivity index is 1.90. The Morgan fingerprint density at radius 3 is 2.27 bits per heavy atom. The fourth-order valence-corrected chi connectivity index (χ4v) is 2.94. The van der Waals surface area contributed by atoms with E-state index in [2.05, 4.69) is 15.0 Å². The van der Waals surface area contributed by atoms with Crippen LogP contribution in [0.3, 0.4) is 0 Å². The maximum Gasteiger partial charge on any atom is 0.416 e. The summed E-state index contributed by atoms with van der Waals surface area (Å²) >= 11 is 0. The molecule has 2 aromatic carbocycles. The number of hydrogen-bond donors (Lipinski definition) is 1. The van der Waals surface area contributed by atoms with Crippen molar-refractivity contribution in [3.63, 3.8) is 0 Å². The van der Waals surface area contributed by atoms with Gasteiger partial charge in [0, 0.05) is 11.1 Å². The summed E-state index contributed by atoms with van der Waals surface area (Å²) in [5.41, 5.74) is 3.09. The van der Waals surface area contributed by atoms with Gasteiger partial charge in [-0.05, 0) is 25.1 Å². The third kappa shape index (κ3) is 2.94. The molecule has 0 atom stereocenters. The van der Waals surface area contributed by atoms with Crippen molar-refractivity contribution in [1.29, 1.82) is 0 Å². The van der Waals surface area contributed by atoms with Gasteiger partial charge in [-0.15, -0.1) is 0 Å². The summed E-state index contributed by atoms with van der Waals surface area (Å²) in [6, 6.07) is 16.7. The predicted octanol–water partition coefficient (Wildman–Crippen LogP) is 5.57. The molecular weight excluding hydrogens is 339 g/mol. The molecule has 2 heterocycles.